The maximum absolute atomic E-state index is 14.2. The Bertz CT molecular complexity index is 1520. The maximum Gasteiger partial charge on any atom is 0.244 e. The van der Waals surface area contributed by atoms with Crippen molar-refractivity contribution >= 4 is 50.7 Å². The minimum atomic E-state index is -3.92. The fourth-order valence-corrected chi connectivity index (χ4v) is 5.71. The molecule has 224 valence electrons. The zero-order valence-corrected chi connectivity index (χ0v) is 25.7. The Kier molecular flexibility index (Phi) is 10.6. The van der Waals surface area contributed by atoms with Crippen LogP contribution in [0.4, 0.5) is 5.69 Å². The highest BCUT2D eigenvalue weighted by molar-refractivity contribution is 7.92. The zero-order valence-electron chi connectivity index (χ0n) is 23.4. The Balaban J connectivity index is 1.72. The standard InChI is InChI=1S/C30H33Cl2N3O6S/c1-3-4-14-33-30(37)26(16-21-8-6-5-7-9-21)34(18-22-10-12-24(31)25(32)15-22)29(36)19-35(42(2,38)39)23-11-13-27-28(17-23)41-20-40-27/h5-13,15,17,26H,3-4,14,16,18-20H2,1-2H3,(H,33,37). The molecule has 1 aliphatic heterocycles. The number of rotatable bonds is 13. The summed E-state index contributed by atoms with van der Waals surface area (Å²) in [5.74, 6) is -0.0598. The molecular weight excluding hydrogens is 601 g/mol. The number of benzene rings is 3. The molecule has 0 radical (unpaired) electrons. The Morgan fingerprint density at radius 3 is 2.38 bits per heavy atom. The molecule has 42 heavy (non-hydrogen) atoms. The van der Waals surface area contributed by atoms with Gasteiger partial charge in [-0.3, -0.25) is 13.9 Å². The third-order valence-electron chi connectivity index (χ3n) is 6.76. The number of carbonyl (C=O) groups excluding carboxylic acids is 2. The van der Waals surface area contributed by atoms with Crippen LogP contribution in [0.15, 0.2) is 66.7 Å². The van der Waals surface area contributed by atoms with Gasteiger partial charge >= 0.3 is 0 Å². The monoisotopic (exact) mass is 633 g/mol. The molecule has 0 saturated heterocycles. The van der Waals surface area contributed by atoms with E-state index in [9.17, 15) is 18.0 Å². The van der Waals surface area contributed by atoms with Gasteiger partial charge in [0.15, 0.2) is 11.5 Å². The Hall–Kier alpha value is -3.47. The number of unbranched alkanes of at least 4 members (excludes halogenated alkanes) is 1. The van der Waals surface area contributed by atoms with E-state index in [0.717, 1.165) is 29.0 Å². The van der Waals surface area contributed by atoms with Crippen LogP contribution in [0.1, 0.15) is 30.9 Å². The highest BCUT2D eigenvalue weighted by Gasteiger charge is 2.33. The number of nitrogens with one attached hydrogen (secondary N) is 1. The second-order valence-electron chi connectivity index (χ2n) is 9.93. The van der Waals surface area contributed by atoms with Gasteiger partial charge in [-0.25, -0.2) is 8.42 Å². The Morgan fingerprint density at radius 2 is 1.69 bits per heavy atom. The molecule has 3 aromatic carbocycles. The van der Waals surface area contributed by atoms with E-state index in [2.05, 4.69) is 5.32 Å². The van der Waals surface area contributed by atoms with Crippen LogP contribution in [0.2, 0.25) is 10.0 Å². The number of hydrogen-bond donors (Lipinski definition) is 1. The number of anilines is 1. The van der Waals surface area contributed by atoms with Crippen molar-refractivity contribution in [2.45, 2.75) is 38.8 Å². The van der Waals surface area contributed by atoms with Gasteiger partial charge in [0, 0.05) is 25.6 Å². The van der Waals surface area contributed by atoms with Crippen LogP contribution in [0.5, 0.6) is 11.5 Å². The smallest absolute Gasteiger partial charge is 0.244 e. The summed E-state index contributed by atoms with van der Waals surface area (Å²) >= 11 is 12.4. The molecule has 1 unspecified atom stereocenters. The number of hydrogen-bond acceptors (Lipinski definition) is 6. The van der Waals surface area contributed by atoms with E-state index in [4.69, 9.17) is 32.7 Å². The summed E-state index contributed by atoms with van der Waals surface area (Å²) in [6.45, 7) is 1.93. The molecule has 3 aromatic rings. The number of carbonyl (C=O) groups is 2. The highest BCUT2D eigenvalue weighted by Crippen LogP contribution is 2.36. The summed E-state index contributed by atoms with van der Waals surface area (Å²) in [6.07, 6.45) is 2.90. The van der Waals surface area contributed by atoms with E-state index < -0.39 is 28.5 Å². The molecule has 0 fully saturated rings. The van der Waals surface area contributed by atoms with E-state index in [1.165, 1.54) is 11.0 Å². The van der Waals surface area contributed by atoms with E-state index in [1.807, 2.05) is 37.3 Å². The highest BCUT2D eigenvalue weighted by atomic mass is 35.5. The third kappa shape index (κ3) is 8.08. The minimum Gasteiger partial charge on any atom is -0.454 e. The van der Waals surface area contributed by atoms with Crippen molar-refractivity contribution in [3.8, 4) is 11.5 Å². The molecule has 4 rings (SSSR count). The maximum atomic E-state index is 14.2. The molecule has 2 amide bonds. The molecule has 0 spiro atoms. The fraction of sp³-hybridized carbons (Fsp3) is 0.333. The summed E-state index contributed by atoms with van der Waals surface area (Å²) in [5.41, 5.74) is 1.71. The molecule has 0 aliphatic carbocycles. The van der Waals surface area contributed by atoms with Crippen molar-refractivity contribution in [1.29, 1.82) is 0 Å². The number of ether oxygens (including phenoxy) is 2. The lowest BCUT2D eigenvalue weighted by molar-refractivity contribution is -0.140. The summed E-state index contributed by atoms with van der Waals surface area (Å²) in [5, 5.41) is 3.59. The zero-order chi connectivity index (χ0) is 30.3. The summed E-state index contributed by atoms with van der Waals surface area (Å²) in [7, 11) is -3.92. The van der Waals surface area contributed by atoms with Gasteiger partial charge in [-0.15, -0.1) is 0 Å². The van der Waals surface area contributed by atoms with Crippen LogP contribution < -0.4 is 19.1 Å². The fourth-order valence-electron chi connectivity index (χ4n) is 4.55. The van der Waals surface area contributed by atoms with Gasteiger partial charge in [-0.05, 0) is 41.8 Å². The summed E-state index contributed by atoms with van der Waals surface area (Å²) in [4.78, 5) is 29.2. The van der Waals surface area contributed by atoms with Gasteiger partial charge in [0.25, 0.3) is 0 Å². The molecule has 1 heterocycles. The van der Waals surface area contributed by atoms with Gasteiger partial charge in [0.05, 0.1) is 22.0 Å². The first-order valence-electron chi connectivity index (χ1n) is 13.5. The molecule has 1 N–H and O–H groups in total. The van der Waals surface area contributed by atoms with Crippen molar-refractivity contribution < 1.29 is 27.5 Å². The number of nitrogens with zero attached hydrogens (tertiary/aromatic N) is 2. The molecule has 0 bridgehead atoms. The van der Waals surface area contributed by atoms with Crippen LogP contribution in [0.3, 0.4) is 0 Å². The van der Waals surface area contributed by atoms with Crippen LogP contribution >= 0.6 is 23.2 Å². The van der Waals surface area contributed by atoms with Gasteiger partial charge < -0.3 is 19.7 Å². The van der Waals surface area contributed by atoms with Crippen molar-refractivity contribution in [3.63, 3.8) is 0 Å². The molecular formula is C30H33Cl2N3O6S. The topological polar surface area (TPSA) is 105 Å². The van der Waals surface area contributed by atoms with Crippen molar-refractivity contribution in [3.05, 3.63) is 87.9 Å². The van der Waals surface area contributed by atoms with E-state index in [0.29, 0.717) is 33.7 Å². The Labute approximate surface area is 256 Å². The number of fused-ring (bicyclic) bond motifs is 1. The molecule has 12 heteroatoms. The lowest BCUT2D eigenvalue weighted by Gasteiger charge is -2.33. The van der Waals surface area contributed by atoms with Crippen LogP contribution in [-0.2, 0) is 32.6 Å². The first-order chi connectivity index (χ1) is 20.1. The summed E-state index contributed by atoms with van der Waals surface area (Å²) in [6, 6.07) is 18.0. The minimum absolute atomic E-state index is 0.00678. The second-order valence-corrected chi connectivity index (χ2v) is 12.6. The Morgan fingerprint density at radius 1 is 0.952 bits per heavy atom. The van der Waals surface area contributed by atoms with E-state index in [-0.39, 0.29) is 31.4 Å². The molecule has 0 saturated carbocycles. The van der Waals surface area contributed by atoms with Gasteiger partial charge in [-0.1, -0.05) is 72.9 Å². The van der Waals surface area contributed by atoms with Crippen molar-refractivity contribution in [2.24, 2.45) is 0 Å². The average molecular weight is 635 g/mol. The molecule has 9 nitrogen and oxygen atoms in total. The third-order valence-corrected chi connectivity index (χ3v) is 8.64. The average Bonchev–Trinajstić information content (AvgIpc) is 3.43. The number of halogens is 2. The van der Waals surface area contributed by atoms with E-state index >= 15 is 0 Å². The first kappa shape index (κ1) is 31.5. The number of amides is 2. The van der Waals surface area contributed by atoms with E-state index in [1.54, 1.807) is 30.3 Å². The van der Waals surface area contributed by atoms with Crippen LogP contribution in [0, 0.1) is 0 Å². The molecule has 0 aromatic heterocycles. The lowest BCUT2D eigenvalue weighted by atomic mass is 10.0. The van der Waals surface area contributed by atoms with Gasteiger partial charge in [-0.2, -0.15) is 0 Å². The molecule has 1 atom stereocenters. The van der Waals surface area contributed by atoms with Gasteiger partial charge in [0.1, 0.15) is 12.6 Å². The first-order valence-corrected chi connectivity index (χ1v) is 16.1. The number of sulfonamides is 1. The molecule has 1 aliphatic rings. The predicted octanol–water partition coefficient (Wildman–Crippen LogP) is 5.04. The van der Waals surface area contributed by atoms with Gasteiger partial charge in [0.2, 0.25) is 28.6 Å². The van der Waals surface area contributed by atoms with Crippen LogP contribution in [-0.4, -0.2) is 57.3 Å². The quantitative estimate of drug-likeness (QED) is 0.264. The SMILES string of the molecule is CCCCNC(=O)C(Cc1ccccc1)N(Cc1ccc(Cl)c(Cl)c1)C(=O)CN(c1ccc2c(c1)OCO2)S(C)(=O)=O. The largest absolute Gasteiger partial charge is 0.454 e. The van der Waals surface area contributed by atoms with Crippen molar-refractivity contribution in [2.75, 3.05) is 30.4 Å². The predicted molar refractivity (Wildman–Crippen MR) is 164 cm³/mol. The summed E-state index contributed by atoms with van der Waals surface area (Å²) < 4.78 is 37.7. The van der Waals surface area contributed by atoms with Crippen LogP contribution in [0.25, 0.3) is 0 Å². The van der Waals surface area contributed by atoms with Crippen molar-refractivity contribution in [1.82, 2.24) is 10.2 Å². The second kappa shape index (κ2) is 14.1. The lowest BCUT2D eigenvalue weighted by Crippen LogP contribution is -2.53. The normalized spacial score (nSPS) is 13.0.